The molecule has 0 radical (unpaired) electrons. The molecule has 0 aliphatic heterocycles. The average molecular weight is 229 g/mol. The SMILES string of the molecule is CC(C)(C)OC(=O)CCNOC1CCCC1. The lowest BCUT2D eigenvalue weighted by atomic mass is 10.2. The number of carbonyl (C=O) groups is 1. The molecule has 94 valence electrons. The van der Waals surface area contributed by atoms with Gasteiger partial charge in [-0.15, -0.1) is 0 Å². The summed E-state index contributed by atoms with van der Waals surface area (Å²) in [5.74, 6) is -0.185. The monoisotopic (exact) mass is 229 g/mol. The fourth-order valence-corrected chi connectivity index (χ4v) is 1.73. The van der Waals surface area contributed by atoms with E-state index < -0.39 is 5.60 Å². The Morgan fingerprint density at radius 1 is 1.31 bits per heavy atom. The van der Waals surface area contributed by atoms with Crippen LogP contribution in [0.1, 0.15) is 52.9 Å². The molecule has 0 heterocycles. The van der Waals surface area contributed by atoms with E-state index >= 15 is 0 Å². The van der Waals surface area contributed by atoms with Gasteiger partial charge in [0.25, 0.3) is 0 Å². The van der Waals surface area contributed by atoms with Crippen molar-refractivity contribution in [2.75, 3.05) is 6.54 Å². The molecule has 16 heavy (non-hydrogen) atoms. The number of carbonyl (C=O) groups excluding carboxylic acids is 1. The van der Waals surface area contributed by atoms with Crippen LogP contribution in [0.5, 0.6) is 0 Å². The molecule has 1 aliphatic rings. The third-order valence-electron chi connectivity index (χ3n) is 2.40. The van der Waals surface area contributed by atoms with Gasteiger partial charge in [0.05, 0.1) is 12.5 Å². The molecule has 0 bridgehead atoms. The van der Waals surface area contributed by atoms with Crippen LogP contribution in [0.2, 0.25) is 0 Å². The summed E-state index contributed by atoms with van der Waals surface area (Å²) in [6.07, 6.45) is 5.43. The third-order valence-corrected chi connectivity index (χ3v) is 2.40. The maximum atomic E-state index is 11.3. The van der Waals surface area contributed by atoms with Crippen molar-refractivity contribution in [3.05, 3.63) is 0 Å². The van der Waals surface area contributed by atoms with Crippen LogP contribution in [0.25, 0.3) is 0 Å². The first kappa shape index (κ1) is 13.5. The van der Waals surface area contributed by atoms with Gasteiger partial charge >= 0.3 is 5.97 Å². The van der Waals surface area contributed by atoms with E-state index in [9.17, 15) is 4.79 Å². The standard InChI is InChI=1S/C12H23NO3/c1-12(2,3)15-11(14)8-9-13-16-10-6-4-5-7-10/h10,13H,4-9H2,1-3H3. The summed E-state index contributed by atoms with van der Waals surface area (Å²) in [6.45, 7) is 6.12. The van der Waals surface area contributed by atoms with Crippen molar-refractivity contribution in [2.45, 2.75) is 64.6 Å². The molecule has 1 rings (SSSR count). The zero-order valence-corrected chi connectivity index (χ0v) is 10.5. The number of nitrogens with one attached hydrogen (secondary N) is 1. The van der Waals surface area contributed by atoms with Crippen LogP contribution >= 0.6 is 0 Å². The summed E-state index contributed by atoms with van der Waals surface area (Å²) in [5.41, 5.74) is 2.44. The molecular weight excluding hydrogens is 206 g/mol. The van der Waals surface area contributed by atoms with E-state index in [0.717, 1.165) is 12.8 Å². The van der Waals surface area contributed by atoms with Crippen molar-refractivity contribution < 1.29 is 14.4 Å². The van der Waals surface area contributed by atoms with Gasteiger partial charge in [-0.3, -0.25) is 9.63 Å². The van der Waals surface area contributed by atoms with Gasteiger partial charge in [-0.2, -0.15) is 0 Å². The van der Waals surface area contributed by atoms with Crippen LogP contribution in [0.15, 0.2) is 0 Å². The minimum atomic E-state index is -0.399. The van der Waals surface area contributed by atoms with E-state index in [0.29, 0.717) is 19.1 Å². The lowest BCUT2D eigenvalue weighted by molar-refractivity contribution is -0.155. The highest BCUT2D eigenvalue weighted by Gasteiger charge is 2.17. The number of hydrogen-bond donors (Lipinski definition) is 1. The van der Waals surface area contributed by atoms with Gasteiger partial charge in [-0.1, -0.05) is 12.8 Å². The molecule has 0 spiro atoms. The normalized spacial score (nSPS) is 17.7. The Bertz CT molecular complexity index is 217. The predicted octanol–water partition coefficient (Wildman–Crippen LogP) is 2.18. The second kappa shape index (κ2) is 6.21. The molecular formula is C12H23NO3. The molecule has 0 atom stereocenters. The number of hydroxylamine groups is 1. The fourth-order valence-electron chi connectivity index (χ4n) is 1.73. The number of ether oxygens (including phenoxy) is 1. The van der Waals surface area contributed by atoms with Crippen molar-refractivity contribution in [3.8, 4) is 0 Å². The molecule has 0 unspecified atom stereocenters. The Morgan fingerprint density at radius 2 is 1.94 bits per heavy atom. The maximum Gasteiger partial charge on any atom is 0.307 e. The smallest absolute Gasteiger partial charge is 0.307 e. The molecule has 0 saturated heterocycles. The molecule has 0 aromatic rings. The van der Waals surface area contributed by atoms with Crippen LogP contribution in [0, 0.1) is 0 Å². The van der Waals surface area contributed by atoms with Gasteiger partial charge < -0.3 is 4.74 Å². The Hall–Kier alpha value is -0.610. The van der Waals surface area contributed by atoms with Gasteiger partial charge in [-0.25, -0.2) is 5.48 Å². The first-order valence-electron chi connectivity index (χ1n) is 6.08. The first-order valence-corrected chi connectivity index (χ1v) is 6.08. The molecule has 4 heteroatoms. The maximum absolute atomic E-state index is 11.3. The molecule has 1 saturated carbocycles. The van der Waals surface area contributed by atoms with E-state index in [1.165, 1.54) is 12.8 Å². The summed E-state index contributed by atoms with van der Waals surface area (Å²) in [5, 5.41) is 0. The van der Waals surface area contributed by atoms with E-state index in [4.69, 9.17) is 9.57 Å². The summed E-state index contributed by atoms with van der Waals surface area (Å²) >= 11 is 0. The second-order valence-corrected chi connectivity index (χ2v) is 5.26. The Morgan fingerprint density at radius 3 is 2.50 bits per heavy atom. The average Bonchev–Trinajstić information content (AvgIpc) is 2.62. The minimum absolute atomic E-state index is 0.185. The van der Waals surface area contributed by atoms with Crippen molar-refractivity contribution in [3.63, 3.8) is 0 Å². The highest BCUT2D eigenvalue weighted by atomic mass is 16.7. The van der Waals surface area contributed by atoms with E-state index in [1.54, 1.807) is 0 Å². The zero-order chi connectivity index (χ0) is 12.0. The van der Waals surface area contributed by atoms with Gasteiger partial charge in [0.1, 0.15) is 5.60 Å². The van der Waals surface area contributed by atoms with E-state index in [1.807, 2.05) is 20.8 Å². The topological polar surface area (TPSA) is 47.6 Å². The molecule has 0 aromatic carbocycles. The molecule has 1 fully saturated rings. The van der Waals surface area contributed by atoms with Gasteiger partial charge in [0.2, 0.25) is 0 Å². The third kappa shape index (κ3) is 6.08. The van der Waals surface area contributed by atoms with E-state index in [2.05, 4.69) is 5.48 Å². The summed E-state index contributed by atoms with van der Waals surface area (Å²) in [7, 11) is 0. The number of rotatable bonds is 5. The minimum Gasteiger partial charge on any atom is -0.460 e. The van der Waals surface area contributed by atoms with Crippen molar-refractivity contribution in [1.82, 2.24) is 5.48 Å². The van der Waals surface area contributed by atoms with Gasteiger partial charge in [0, 0.05) is 6.54 Å². The Labute approximate surface area is 97.6 Å². The molecule has 4 nitrogen and oxygen atoms in total. The lowest BCUT2D eigenvalue weighted by Gasteiger charge is -2.19. The Balaban J connectivity index is 2.00. The van der Waals surface area contributed by atoms with E-state index in [-0.39, 0.29) is 5.97 Å². The van der Waals surface area contributed by atoms with Gasteiger partial charge in [0.15, 0.2) is 0 Å². The lowest BCUT2D eigenvalue weighted by Crippen LogP contribution is -2.28. The highest BCUT2D eigenvalue weighted by molar-refractivity contribution is 5.70. The molecule has 1 aliphatic carbocycles. The highest BCUT2D eigenvalue weighted by Crippen LogP contribution is 2.19. The molecule has 0 aromatic heterocycles. The second-order valence-electron chi connectivity index (χ2n) is 5.26. The number of hydrogen-bond acceptors (Lipinski definition) is 4. The molecule has 0 amide bonds. The van der Waals surface area contributed by atoms with Gasteiger partial charge in [-0.05, 0) is 33.6 Å². The quantitative estimate of drug-likeness (QED) is 0.446. The van der Waals surface area contributed by atoms with Crippen LogP contribution in [-0.4, -0.2) is 24.2 Å². The largest absolute Gasteiger partial charge is 0.460 e. The van der Waals surface area contributed by atoms with Crippen LogP contribution in [0.3, 0.4) is 0 Å². The van der Waals surface area contributed by atoms with Crippen molar-refractivity contribution >= 4 is 5.97 Å². The zero-order valence-electron chi connectivity index (χ0n) is 10.5. The fraction of sp³-hybridized carbons (Fsp3) is 0.917. The van der Waals surface area contributed by atoms with Crippen LogP contribution in [-0.2, 0) is 14.4 Å². The van der Waals surface area contributed by atoms with Crippen molar-refractivity contribution in [1.29, 1.82) is 0 Å². The predicted molar refractivity (Wildman–Crippen MR) is 61.8 cm³/mol. The summed E-state index contributed by atoms with van der Waals surface area (Å²) < 4.78 is 5.18. The van der Waals surface area contributed by atoms with Crippen molar-refractivity contribution in [2.24, 2.45) is 0 Å². The summed E-state index contributed by atoms with van der Waals surface area (Å²) in [4.78, 5) is 16.8. The first-order chi connectivity index (χ1) is 7.47. The van der Waals surface area contributed by atoms with Crippen LogP contribution in [0.4, 0.5) is 0 Å². The Kier molecular flexibility index (Phi) is 5.22. The number of esters is 1. The van der Waals surface area contributed by atoms with Crippen LogP contribution < -0.4 is 5.48 Å². The molecule has 1 N–H and O–H groups in total. The summed E-state index contributed by atoms with van der Waals surface area (Å²) in [6, 6.07) is 0.